The first-order valence-electron chi connectivity index (χ1n) is 9.95. The molecule has 0 unspecified atom stereocenters. The first-order chi connectivity index (χ1) is 11.5. The molecule has 0 spiro atoms. The van der Waals surface area contributed by atoms with Crippen LogP contribution in [-0.4, -0.2) is 85.0 Å². The molecule has 0 saturated carbocycles. The number of likely N-dealkylation sites (tertiary alicyclic amines) is 1. The lowest BCUT2D eigenvalue weighted by Crippen LogP contribution is -2.49. The van der Waals surface area contributed by atoms with Gasteiger partial charge in [0.1, 0.15) is 0 Å². The summed E-state index contributed by atoms with van der Waals surface area (Å²) in [6.07, 6.45) is 3.47. The Labute approximate surface area is 148 Å². The number of piperazine rings is 1. The second-order valence-electron chi connectivity index (χ2n) is 8.10. The molecule has 1 amide bonds. The van der Waals surface area contributed by atoms with Crippen LogP contribution in [0.2, 0.25) is 0 Å². The molecule has 140 valence electrons. The van der Waals surface area contributed by atoms with Crippen LogP contribution in [0.15, 0.2) is 0 Å². The lowest BCUT2D eigenvalue weighted by Gasteiger charge is -2.37. The van der Waals surface area contributed by atoms with Crippen molar-refractivity contribution in [1.82, 2.24) is 20.0 Å². The number of amides is 1. The zero-order valence-corrected chi connectivity index (χ0v) is 16.3. The second kappa shape index (κ2) is 9.73. The van der Waals surface area contributed by atoms with Gasteiger partial charge < -0.3 is 15.1 Å². The minimum absolute atomic E-state index is 0.0965. The van der Waals surface area contributed by atoms with Crippen molar-refractivity contribution in [2.75, 3.05) is 52.4 Å². The fourth-order valence-corrected chi connectivity index (χ4v) is 3.69. The predicted molar refractivity (Wildman–Crippen MR) is 100 cm³/mol. The van der Waals surface area contributed by atoms with Crippen LogP contribution in [0.25, 0.3) is 0 Å². The van der Waals surface area contributed by atoms with Gasteiger partial charge in [0, 0.05) is 57.3 Å². The normalized spacial score (nSPS) is 22.4. The van der Waals surface area contributed by atoms with Crippen LogP contribution in [0.5, 0.6) is 0 Å². The third kappa shape index (κ3) is 6.34. The van der Waals surface area contributed by atoms with Gasteiger partial charge >= 0.3 is 0 Å². The smallest absolute Gasteiger partial charge is 0.222 e. The predicted octanol–water partition coefficient (Wildman–Crippen LogP) is 1.64. The summed E-state index contributed by atoms with van der Waals surface area (Å²) in [5, 5.41) is 3.18. The maximum atomic E-state index is 11.8. The number of hydrogen-bond donors (Lipinski definition) is 1. The summed E-state index contributed by atoms with van der Waals surface area (Å²) < 4.78 is 0. The molecular weight excluding hydrogens is 300 g/mol. The summed E-state index contributed by atoms with van der Waals surface area (Å²) in [5.74, 6) is 0.299. The second-order valence-corrected chi connectivity index (χ2v) is 8.10. The third-order valence-electron chi connectivity index (χ3n) is 5.54. The summed E-state index contributed by atoms with van der Waals surface area (Å²) in [4.78, 5) is 19.5. The summed E-state index contributed by atoms with van der Waals surface area (Å²) >= 11 is 0. The monoisotopic (exact) mass is 338 g/mol. The molecule has 0 aliphatic carbocycles. The van der Waals surface area contributed by atoms with Gasteiger partial charge in [0.05, 0.1) is 0 Å². The fourth-order valence-electron chi connectivity index (χ4n) is 3.69. The van der Waals surface area contributed by atoms with E-state index < -0.39 is 0 Å². The lowest BCUT2D eigenvalue weighted by atomic mass is 10.0. The molecule has 5 heteroatoms. The first-order valence-corrected chi connectivity index (χ1v) is 9.95. The van der Waals surface area contributed by atoms with Crippen LogP contribution in [-0.2, 0) is 4.79 Å². The minimum Gasteiger partial charge on any atom is -0.353 e. The highest BCUT2D eigenvalue weighted by Gasteiger charge is 2.22. The highest BCUT2D eigenvalue weighted by atomic mass is 16.1. The van der Waals surface area contributed by atoms with E-state index in [2.05, 4.69) is 33.9 Å². The Balaban J connectivity index is 1.54. The van der Waals surface area contributed by atoms with Crippen molar-refractivity contribution in [1.29, 1.82) is 0 Å². The van der Waals surface area contributed by atoms with E-state index in [1.54, 1.807) is 0 Å². The van der Waals surface area contributed by atoms with Gasteiger partial charge in [0.2, 0.25) is 5.91 Å². The van der Waals surface area contributed by atoms with Gasteiger partial charge in [-0.15, -0.1) is 0 Å². The minimum atomic E-state index is 0.0965. The Bertz CT molecular complexity index is 370. The number of carbonyl (C=O) groups excluding carboxylic acids is 1. The van der Waals surface area contributed by atoms with E-state index >= 15 is 0 Å². The first kappa shape index (κ1) is 19.7. The van der Waals surface area contributed by atoms with Crippen LogP contribution < -0.4 is 5.32 Å². The zero-order chi connectivity index (χ0) is 17.5. The Morgan fingerprint density at radius 1 is 0.917 bits per heavy atom. The number of piperidine rings is 1. The van der Waals surface area contributed by atoms with Crippen molar-refractivity contribution in [3.8, 4) is 0 Å². The van der Waals surface area contributed by atoms with Crippen molar-refractivity contribution in [3.63, 3.8) is 0 Å². The molecule has 0 radical (unpaired) electrons. The third-order valence-corrected chi connectivity index (χ3v) is 5.54. The zero-order valence-electron chi connectivity index (χ0n) is 16.3. The van der Waals surface area contributed by atoms with E-state index in [-0.39, 0.29) is 11.8 Å². The van der Waals surface area contributed by atoms with E-state index in [0.717, 1.165) is 25.9 Å². The number of carbonyl (C=O) groups is 1. The van der Waals surface area contributed by atoms with E-state index in [9.17, 15) is 4.79 Å². The van der Waals surface area contributed by atoms with Gasteiger partial charge in [-0.05, 0) is 46.2 Å². The number of nitrogens with one attached hydrogen (secondary N) is 1. The van der Waals surface area contributed by atoms with Crippen molar-refractivity contribution in [2.45, 2.75) is 59.0 Å². The highest BCUT2D eigenvalue weighted by molar-refractivity contribution is 5.78. The molecule has 2 rings (SSSR count). The van der Waals surface area contributed by atoms with Gasteiger partial charge in [-0.25, -0.2) is 0 Å². The topological polar surface area (TPSA) is 38.8 Å². The van der Waals surface area contributed by atoms with Crippen LogP contribution in [0.1, 0.15) is 47.0 Å². The molecule has 2 aliphatic rings. The summed E-state index contributed by atoms with van der Waals surface area (Å²) in [5.41, 5.74) is 0. The van der Waals surface area contributed by atoms with Gasteiger partial charge in [0.25, 0.3) is 0 Å². The molecule has 2 saturated heterocycles. The Morgan fingerprint density at radius 2 is 1.46 bits per heavy atom. The maximum absolute atomic E-state index is 11.8. The standard InChI is InChI=1S/C19H38N4O/c1-16(2)19(24)20-18-6-10-21(11-7-18)8-5-9-22-12-14-23(15-13-22)17(3)4/h16-18H,5-15H2,1-4H3,(H,20,24). The molecule has 24 heavy (non-hydrogen) atoms. The molecule has 2 heterocycles. The lowest BCUT2D eigenvalue weighted by molar-refractivity contribution is -0.125. The number of hydrogen-bond acceptors (Lipinski definition) is 4. The quantitative estimate of drug-likeness (QED) is 0.766. The molecule has 2 aliphatic heterocycles. The van der Waals surface area contributed by atoms with Crippen LogP contribution in [0.4, 0.5) is 0 Å². The Hall–Kier alpha value is -0.650. The largest absolute Gasteiger partial charge is 0.353 e. The van der Waals surface area contributed by atoms with Crippen molar-refractivity contribution < 1.29 is 4.79 Å². The molecule has 0 aromatic heterocycles. The summed E-state index contributed by atoms with van der Waals surface area (Å²) in [7, 11) is 0. The van der Waals surface area contributed by atoms with Crippen LogP contribution in [0.3, 0.4) is 0 Å². The van der Waals surface area contributed by atoms with Crippen LogP contribution in [0, 0.1) is 5.92 Å². The van der Waals surface area contributed by atoms with E-state index in [4.69, 9.17) is 0 Å². The van der Waals surface area contributed by atoms with Gasteiger partial charge in [-0.1, -0.05) is 13.8 Å². The van der Waals surface area contributed by atoms with Crippen molar-refractivity contribution in [2.24, 2.45) is 5.92 Å². The number of nitrogens with zero attached hydrogens (tertiary/aromatic N) is 3. The SMILES string of the molecule is CC(C)C(=O)NC1CCN(CCCN2CCN(C(C)C)CC2)CC1. The van der Waals surface area contributed by atoms with Gasteiger partial charge in [0.15, 0.2) is 0 Å². The average Bonchev–Trinajstić information content (AvgIpc) is 2.56. The molecule has 0 bridgehead atoms. The fraction of sp³-hybridized carbons (Fsp3) is 0.947. The highest BCUT2D eigenvalue weighted by Crippen LogP contribution is 2.12. The Kier molecular flexibility index (Phi) is 7.98. The van der Waals surface area contributed by atoms with Crippen molar-refractivity contribution >= 4 is 5.91 Å². The molecule has 2 fully saturated rings. The molecule has 5 nitrogen and oxygen atoms in total. The molecule has 0 aromatic carbocycles. The van der Waals surface area contributed by atoms with Gasteiger partial charge in [-0.2, -0.15) is 0 Å². The van der Waals surface area contributed by atoms with Gasteiger partial charge in [-0.3, -0.25) is 9.69 Å². The van der Waals surface area contributed by atoms with Crippen molar-refractivity contribution in [3.05, 3.63) is 0 Å². The van der Waals surface area contributed by atoms with E-state index in [1.165, 1.54) is 45.7 Å². The summed E-state index contributed by atoms with van der Waals surface area (Å²) in [6, 6.07) is 1.07. The molecule has 0 atom stereocenters. The number of rotatable bonds is 7. The maximum Gasteiger partial charge on any atom is 0.222 e. The van der Waals surface area contributed by atoms with E-state index in [0.29, 0.717) is 12.1 Å². The van der Waals surface area contributed by atoms with Crippen LogP contribution >= 0.6 is 0 Å². The molecule has 1 N–H and O–H groups in total. The Morgan fingerprint density at radius 3 is 1.96 bits per heavy atom. The summed E-state index contributed by atoms with van der Waals surface area (Å²) in [6.45, 7) is 18.1. The molecular formula is C19H38N4O. The molecule has 0 aromatic rings. The average molecular weight is 339 g/mol. The van der Waals surface area contributed by atoms with E-state index in [1.807, 2.05) is 13.8 Å².